The molecule has 0 saturated heterocycles. The maximum atomic E-state index is 12.1. The lowest BCUT2D eigenvalue weighted by Crippen LogP contribution is -2.30. The van der Waals surface area contributed by atoms with Crippen LogP contribution in [0.15, 0.2) is 0 Å². The predicted octanol–water partition coefficient (Wildman–Crippen LogP) is 1.62. The zero-order valence-corrected chi connectivity index (χ0v) is 10.9. The van der Waals surface area contributed by atoms with E-state index in [4.69, 9.17) is 0 Å². The van der Waals surface area contributed by atoms with E-state index in [0.717, 1.165) is 23.6 Å². The van der Waals surface area contributed by atoms with E-state index in [2.05, 4.69) is 29.6 Å². The monoisotopic (exact) mass is 236 g/mol. The van der Waals surface area contributed by atoms with Crippen molar-refractivity contribution >= 4 is 17.4 Å². The Hall–Kier alpha value is -1.52. The number of aromatic nitrogens is 2. The molecule has 5 heteroatoms. The highest BCUT2D eigenvalue weighted by Gasteiger charge is 2.29. The fraction of sp³-hybridized carbons (Fsp3) is 0.667. The van der Waals surface area contributed by atoms with Gasteiger partial charge in [0.05, 0.1) is 11.6 Å². The van der Waals surface area contributed by atoms with Crippen molar-refractivity contribution in [1.82, 2.24) is 9.78 Å². The average Bonchev–Trinajstić information content (AvgIpc) is 2.46. The first-order valence-corrected chi connectivity index (χ1v) is 6.15. The first-order valence-electron chi connectivity index (χ1n) is 6.15. The standard InChI is InChI=1S/C12H20N4O/c1-5-9-10-11(16(4)15-9)13-6-8(7(2)3)12(17)14-10/h7-8,13H,5-6H2,1-4H3,(H,14,17). The van der Waals surface area contributed by atoms with Crippen molar-refractivity contribution in [3.63, 3.8) is 0 Å². The number of carbonyl (C=O) groups excluding carboxylic acids is 1. The summed E-state index contributed by atoms with van der Waals surface area (Å²) >= 11 is 0. The number of nitrogens with zero attached hydrogens (tertiary/aromatic N) is 2. The van der Waals surface area contributed by atoms with Gasteiger partial charge in [0.25, 0.3) is 0 Å². The minimum absolute atomic E-state index is 0.00658. The van der Waals surface area contributed by atoms with Gasteiger partial charge in [0.15, 0.2) is 0 Å². The van der Waals surface area contributed by atoms with Gasteiger partial charge in [0.1, 0.15) is 11.5 Å². The largest absolute Gasteiger partial charge is 0.368 e. The molecule has 2 N–H and O–H groups in total. The van der Waals surface area contributed by atoms with Crippen LogP contribution >= 0.6 is 0 Å². The SMILES string of the molecule is CCc1nn(C)c2c1NC(=O)C(C(C)C)CN2. The van der Waals surface area contributed by atoms with E-state index < -0.39 is 0 Å². The first-order chi connectivity index (χ1) is 8.04. The summed E-state index contributed by atoms with van der Waals surface area (Å²) in [4.78, 5) is 12.1. The first kappa shape index (κ1) is 12.0. The number of fused-ring (bicyclic) bond motifs is 1. The van der Waals surface area contributed by atoms with Crippen molar-refractivity contribution in [1.29, 1.82) is 0 Å². The van der Waals surface area contributed by atoms with Crippen LogP contribution in [0.5, 0.6) is 0 Å². The van der Waals surface area contributed by atoms with E-state index >= 15 is 0 Å². The number of aryl methyl sites for hydroxylation is 2. The quantitative estimate of drug-likeness (QED) is 0.820. The second kappa shape index (κ2) is 4.39. The van der Waals surface area contributed by atoms with Crippen LogP contribution in [0.1, 0.15) is 26.5 Å². The molecule has 1 aromatic rings. The number of rotatable bonds is 2. The zero-order valence-electron chi connectivity index (χ0n) is 10.9. The van der Waals surface area contributed by atoms with Crippen LogP contribution in [0, 0.1) is 11.8 Å². The number of amides is 1. The maximum Gasteiger partial charge on any atom is 0.229 e. The molecule has 0 radical (unpaired) electrons. The van der Waals surface area contributed by atoms with Crippen molar-refractivity contribution in [3.8, 4) is 0 Å². The number of hydrogen-bond donors (Lipinski definition) is 2. The van der Waals surface area contributed by atoms with Crippen molar-refractivity contribution in [2.45, 2.75) is 27.2 Å². The second-order valence-electron chi connectivity index (χ2n) is 4.87. The van der Waals surface area contributed by atoms with Crippen LogP contribution in [-0.4, -0.2) is 22.2 Å². The minimum Gasteiger partial charge on any atom is -0.368 e. The highest BCUT2D eigenvalue weighted by atomic mass is 16.2. The second-order valence-corrected chi connectivity index (χ2v) is 4.87. The van der Waals surface area contributed by atoms with Crippen LogP contribution in [0.4, 0.5) is 11.5 Å². The van der Waals surface area contributed by atoms with Crippen LogP contribution in [0.25, 0.3) is 0 Å². The highest BCUT2D eigenvalue weighted by molar-refractivity contribution is 5.97. The Morgan fingerprint density at radius 2 is 2.24 bits per heavy atom. The summed E-state index contributed by atoms with van der Waals surface area (Å²) in [5.74, 6) is 1.34. The molecule has 2 heterocycles. The van der Waals surface area contributed by atoms with Crippen molar-refractivity contribution in [2.24, 2.45) is 18.9 Å². The van der Waals surface area contributed by atoms with Gasteiger partial charge in [0, 0.05) is 13.6 Å². The maximum absolute atomic E-state index is 12.1. The number of hydrogen-bond acceptors (Lipinski definition) is 3. The Balaban J connectivity index is 2.35. The molecule has 0 spiro atoms. The van der Waals surface area contributed by atoms with Gasteiger partial charge in [-0.25, -0.2) is 0 Å². The summed E-state index contributed by atoms with van der Waals surface area (Å²) in [5, 5.41) is 10.7. The summed E-state index contributed by atoms with van der Waals surface area (Å²) in [5.41, 5.74) is 1.79. The van der Waals surface area contributed by atoms with E-state index in [9.17, 15) is 4.79 Å². The third-order valence-electron chi connectivity index (χ3n) is 3.33. The molecule has 1 aliphatic heterocycles. The third kappa shape index (κ3) is 2.01. The molecule has 5 nitrogen and oxygen atoms in total. The van der Waals surface area contributed by atoms with Crippen molar-refractivity contribution in [2.75, 3.05) is 17.2 Å². The number of anilines is 2. The summed E-state index contributed by atoms with van der Waals surface area (Å²) < 4.78 is 1.80. The Bertz CT molecular complexity index is 436. The molecule has 1 unspecified atom stereocenters. The summed E-state index contributed by atoms with van der Waals surface area (Å²) in [6.45, 7) is 6.85. The fourth-order valence-electron chi connectivity index (χ4n) is 2.21. The third-order valence-corrected chi connectivity index (χ3v) is 3.33. The van der Waals surface area contributed by atoms with Gasteiger partial charge in [-0.2, -0.15) is 5.10 Å². The van der Waals surface area contributed by atoms with Gasteiger partial charge in [-0.05, 0) is 12.3 Å². The predicted molar refractivity (Wildman–Crippen MR) is 68.0 cm³/mol. The Kier molecular flexibility index (Phi) is 3.09. The van der Waals surface area contributed by atoms with E-state index in [1.54, 1.807) is 4.68 Å². The lowest BCUT2D eigenvalue weighted by atomic mass is 9.95. The molecule has 1 aromatic heterocycles. The van der Waals surface area contributed by atoms with Crippen molar-refractivity contribution < 1.29 is 4.79 Å². The smallest absolute Gasteiger partial charge is 0.229 e. The van der Waals surface area contributed by atoms with Gasteiger partial charge < -0.3 is 10.6 Å². The Morgan fingerprint density at radius 1 is 1.53 bits per heavy atom. The number of carbonyl (C=O) groups is 1. The lowest BCUT2D eigenvalue weighted by molar-refractivity contribution is -0.120. The Labute approximate surface area is 102 Å². The molecule has 0 fully saturated rings. The molecule has 1 amide bonds. The highest BCUT2D eigenvalue weighted by Crippen LogP contribution is 2.30. The van der Waals surface area contributed by atoms with Gasteiger partial charge in [-0.15, -0.1) is 0 Å². The van der Waals surface area contributed by atoms with Gasteiger partial charge in [-0.3, -0.25) is 9.48 Å². The van der Waals surface area contributed by atoms with Crippen LogP contribution in [0.3, 0.4) is 0 Å². The molecule has 17 heavy (non-hydrogen) atoms. The van der Waals surface area contributed by atoms with Gasteiger partial charge in [-0.1, -0.05) is 20.8 Å². The molecule has 0 bridgehead atoms. The zero-order chi connectivity index (χ0) is 12.6. The Morgan fingerprint density at radius 3 is 2.82 bits per heavy atom. The molecule has 0 saturated carbocycles. The van der Waals surface area contributed by atoms with E-state index in [1.807, 2.05) is 14.0 Å². The molecule has 1 aliphatic rings. The van der Waals surface area contributed by atoms with E-state index in [-0.39, 0.29) is 11.8 Å². The molecule has 94 valence electrons. The summed E-state index contributed by atoms with van der Waals surface area (Å²) in [6.07, 6.45) is 0.817. The fourth-order valence-corrected chi connectivity index (χ4v) is 2.21. The molecule has 1 atom stereocenters. The molecule has 2 rings (SSSR count). The normalized spacial score (nSPS) is 19.6. The lowest BCUT2D eigenvalue weighted by Gasteiger charge is -2.17. The van der Waals surface area contributed by atoms with Gasteiger partial charge >= 0.3 is 0 Å². The molecular weight excluding hydrogens is 216 g/mol. The van der Waals surface area contributed by atoms with E-state index in [1.165, 1.54) is 0 Å². The van der Waals surface area contributed by atoms with Crippen molar-refractivity contribution in [3.05, 3.63) is 5.69 Å². The average molecular weight is 236 g/mol. The van der Waals surface area contributed by atoms with Crippen LogP contribution in [-0.2, 0) is 18.3 Å². The molecular formula is C12H20N4O. The number of nitrogens with one attached hydrogen (secondary N) is 2. The summed E-state index contributed by atoms with van der Waals surface area (Å²) in [7, 11) is 1.90. The molecule has 0 aliphatic carbocycles. The topological polar surface area (TPSA) is 59.0 Å². The van der Waals surface area contributed by atoms with E-state index in [0.29, 0.717) is 12.5 Å². The summed E-state index contributed by atoms with van der Waals surface area (Å²) in [6, 6.07) is 0. The van der Waals surface area contributed by atoms with Crippen LogP contribution < -0.4 is 10.6 Å². The molecule has 0 aromatic carbocycles. The van der Waals surface area contributed by atoms with Crippen LogP contribution in [0.2, 0.25) is 0 Å². The van der Waals surface area contributed by atoms with Gasteiger partial charge in [0.2, 0.25) is 5.91 Å². The minimum atomic E-state index is 0.00658.